The fourth-order valence-electron chi connectivity index (χ4n) is 3.49. The molecule has 1 aromatic heterocycles. The van der Waals surface area contributed by atoms with Gasteiger partial charge >= 0.3 is 0 Å². The largest absolute Gasteiger partial charge is 0.341 e. The molecule has 1 aromatic carbocycles. The lowest BCUT2D eigenvalue weighted by Crippen LogP contribution is -2.39. The highest BCUT2D eigenvalue weighted by atomic mass is 35.5. The molecule has 150 valence electrons. The van der Waals surface area contributed by atoms with E-state index in [4.69, 9.17) is 23.2 Å². The summed E-state index contributed by atoms with van der Waals surface area (Å²) in [4.78, 5) is 25.8. The van der Waals surface area contributed by atoms with E-state index in [0.29, 0.717) is 11.0 Å². The van der Waals surface area contributed by atoms with Gasteiger partial charge in [-0.15, -0.1) is 0 Å². The van der Waals surface area contributed by atoms with Gasteiger partial charge in [0.05, 0.1) is 11.2 Å². The molecule has 3 rings (SSSR count). The number of aromatic nitrogens is 2. The number of amides is 1. The molecule has 1 aliphatic heterocycles. The van der Waals surface area contributed by atoms with Crippen molar-refractivity contribution in [1.29, 1.82) is 0 Å². The van der Waals surface area contributed by atoms with E-state index in [1.54, 1.807) is 11.9 Å². The van der Waals surface area contributed by atoms with Gasteiger partial charge in [0.25, 0.3) is 5.91 Å². The van der Waals surface area contributed by atoms with Crippen LogP contribution in [-0.4, -0.2) is 47.0 Å². The fourth-order valence-corrected chi connectivity index (χ4v) is 3.78. The standard InChI is InChI=1S/C21H26Cl2N4O/c1-14(16-7-9-17(22)10-8-16)15(2)26(3)20(28)19-18(23)13-24-21(25-19)27-11-5-4-6-12-27/h7-10,13-15H,4-6,11-12H2,1-3H3/t14-,15+/m0/s1. The van der Waals surface area contributed by atoms with Crippen LogP contribution in [0, 0.1) is 0 Å². The lowest BCUT2D eigenvalue weighted by atomic mass is 9.93. The zero-order valence-electron chi connectivity index (χ0n) is 16.5. The van der Waals surface area contributed by atoms with E-state index in [-0.39, 0.29) is 28.6 Å². The summed E-state index contributed by atoms with van der Waals surface area (Å²) in [6.45, 7) is 5.94. The highest BCUT2D eigenvalue weighted by Crippen LogP contribution is 2.26. The SMILES string of the molecule is C[C@H](c1ccc(Cl)cc1)[C@@H](C)N(C)C(=O)c1nc(N2CCCCC2)ncc1Cl. The Balaban J connectivity index is 1.79. The number of benzene rings is 1. The van der Waals surface area contributed by atoms with E-state index >= 15 is 0 Å². The summed E-state index contributed by atoms with van der Waals surface area (Å²) in [7, 11) is 1.79. The number of hydrogen-bond donors (Lipinski definition) is 0. The Kier molecular flexibility index (Phi) is 6.78. The summed E-state index contributed by atoms with van der Waals surface area (Å²) in [6, 6.07) is 7.68. The molecule has 2 atom stereocenters. The number of halogens is 2. The van der Waals surface area contributed by atoms with Crippen molar-refractivity contribution in [3.05, 3.63) is 51.8 Å². The molecule has 1 amide bonds. The Morgan fingerprint density at radius 1 is 1.11 bits per heavy atom. The first kappa shape index (κ1) is 20.9. The van der Waals surface area contributed by atoms with Gasteiger partial charge in [-0.2, -0.15) is 0 Å². The van der Waals surface area contributed by atoms with E-state index < -0.39 is 0 Å². The highest BCUT2D eigenvalue weighted by molar-refractivity contribution is 6.33. The van der Waals surface area contributed by atoms with E-state index in [1.807, 2.05) is 31.2 Å². The molecule has 1 saturated heterocycles. The van der Waals surface area contributed by atoms with Crippen LogP contribution in [0.5, 0.6) is 0 Å². The number of carbonyl (C=O) groups is 1. The van der Waals surface area contributed by atoms with E-state index in [1.165, 1.54) is 12.6 Å². The third-order valence-electron chi connectivity index (χ3n) is 5.62. The second kappa shape index (κ2) is 9.10. The summed E-state index contributed by atoms with van der Waals surface area (Å²) in [5.41, 5.74) is 1.38. The number of piperidine rings is 1. The number of hydrogen-bond acceptors (Lipinski definition) is 4. The lowest BCUT2D eigenvalue weighted by Gasteiger charge is -2.31. The maximum absolute atomic E-state index is 13.1. The van der Waals surface area contributed by atoms with Crippen molar-refractivity contribution < 1.29 is 4.79 Å². The zero-order chi connectivity index (χ0) is 20.3. The predicted octanol–water partition coefficient (Wildman–Crippen LogP) is 5.04. The molecule has 1 fully saturated rings. The first-order chi connectivity index (χ1) is 13.4. The number of carbonyl (C=O) groups excluding carboxylic acids is 1. The Morgan fingerprint density at radius 3 is 2.39 bits per heavy atom. The van der Waals surface area contributed by atoms with Crippen LogP contribution in [0.15, 0.2) is 30.5 Å². The smallest absolute Gasteiger partial charge is 0.274 e. The van der Waals surface area contributed by atoms with E-state index in [2.05, 4.69) is 21.8 Å². The molecule has 0 aliphatic carbocycles. The molecule has 0 radical (unpaired) electrons. The number of anilines is 1. The Morgan fingerprint density at radius 2 is 1.75 bits per heavy atom. The Bertz CT molecular complexity index is 822. The van der Waals surface area contributed by atoms with Crippen molar-refractivity contribution in [3.63, 3.8) is 0 Å². The molecular weight excluding hydrogens is 395 g/mol. The average molecular weight is 421 g/mol. The maximum Gasteiger partial charge on any atom is 0.274 e. The Hall–Kier alpha value is -1.85. The normalized spacial score (nSPS) is 16.5. The summed E-state index contributed by atoms with van der Waals surface area (Å²) in [5.74, 6) is 0.520. The quantitative estimate of drug-likeness (QED) is 0.679. The summed E-state index contributed by atoms with van der Waals surface area (Å²) >= 11 is 12.3. The van der Waals surface area contributed by atoms with Crippen LogP contribution in [0.2, 0.25) is 10.0 Å². The topological polar surface area (TPSA) is 49.3 Å². The monoisotopic (exact) mass is 420 g/mol. The van der Waals surface area contributed by atoms with Gasteiger partial charge in [0, 0.05) is 37.1 Å². The van der Waals surface area contributed by atoms with Gasteiger partial charge in [-0.25, -0.2) is 9.97 Å². The lowest BCUT2D eigenvalue weighted by molar-refractivity contribution is 0.0720. The van der Waals surface area contributed by atoms with Crippen molar-refractivity contribution in [2.75, 3.05) is 25.0 Å². The highest BCUT2D eigenvalue weighted by Gasteiger charge is 2.27. The first-order valence-electron chi connectivity index (χ1n) is 9.68. The molecule has 0 unspecified atom stereocenters. The molecule has 7 heteroatoms. The molecule has 0 bridgehead atoms. The minimum atomic E-state index is -0.195. The van der Waals surface area contributed by atoms with Crippen LogP contribution in [0.1, 0.15) is 55.1 Å². The van der Waals surface area contributed by atoms with Crippen LogP contribution < -0.4 is 4.90 Å². The zero-order valence-corrected chi connectivity index (χ0v) is 18.0. The fraction of sp³-hybridized carbons (Fsp3) is 0.476. The molecule has 2 heterocycles. The van der Waals surface area contributed by atoms with Crippen molar-refractivity contribution in [3.8, 4) is 0 Å². The number of nitrogens with zero attached hydrogens (tertiary/aromatic N) is 4. The molecular formula is C21H26Cl2N4O. The molecule has 1 aliphatic rings. The molecule has 5 nitrogen and oxygen atoms in total. The summed E-state index contributed by atoms with van der Waals surface area (Å²) in [5, 5.41) is 0.981. The van der Waals surface area contributed by atoms with Crippen LogP contribution in [-0.2, 0) is 0 Å². The van der Waals surface area contributed by atoms with Gasteiger partial charge in [-0.1, -0.05) is 42.3 Å². The second-order valence-corrected chi connectivity index (χ2v) is 8.25. The maximum atomic E-state index is 13.1. The van der Waals surface area contributed by atoms with E-state index in [9.17, 15) is 4.79 Å². The van der Waals surface area contributed by atoms with Gasteiger partial charge in [0.1, 0.15) is 0 Å². The molecule has 2 aromatic rings. The average Bonchev–Trinajstić information content (AvgIpc) is 2.73. The third kappa shape index (κ3) is 4.58. The van der Waals surface area contributed by atoms with Gasteiger partial charge < -0.3 is 9.80 Å². The molecule has 0 saturated carbocycles. The number of likely N-dealkylation sites (N-methyl/N-ethyl adjacent to an activating group) is 1. The van der Waals surface area contributed by atoms with Crippen LogP contribution in [0.3, 0.4) is 0 Å². The van der Waals surface area contributed by atoms with Crippen LogP contribution >= 0.6 is 23.2 Å². The minimum absolute atomic E-state index is 0.0434. The predicted molar refractivity (Wildman–Crippen MR) is 115 cm³/mol. The second-order valence-electron chi connectivity index (χ2n) is 7.41. The van der Waals surface area contributed by atoms with Crippen LogP contribution in [0.25, 0.3) is 0 Å². The van der Waals surface area contributed by atoms with Gasteiger partial charge in [-0.3, -0.25) is 4.79 Å². The van der Waals surface area contributed by atoms with Gasteiger partial charge in [-0.05, 0) is 43.9 Å². The van der Waals surface area contributed by atoms with Gasteiger partial charge in [0.15, 0.2) is 5.69 Å². The van der Waals surface area contributed by atoms with Crippen molar-refractivity contribution in [2.24, 2.45) is 0 Å². The third-order valence-corrected chi connectivity index (χ3v) is 6.15. The van der Waals surface area contributed by atoms with Crippen molar-refractivity contribution in [1.82, 2.24) is 14.9 Å². The minimum Gasteiger partial charge on any atom is -0.341 e. The van der Waals surface area contributed by atoms with Crippen molar-refractivity contribution >= 4 is 35.1 Å². The number of rotatable bonds is 5. The van der Waals surface area contributed by atoms with Crippen molar-refractivity contribution in [2.45, 2.75) is 45.1 Å². The van der Waals surface area contributed by atoms with E-state index in [0.717, 1.165) is 31.5 Å². The summed E-state index contributed by atoms with van der Waals surface area (Å²) in [6.07, 6.45) is 4.99. The summed E-state index contributed by atoms with van der Waals surface area (Å²) < 4.78 is 0. The molecule has 0 spiro atoms. The van der Waals surface area contributed by atoms with Gasteiger partial charge in [0.2, 0.25) is 5.95 Å². The Labute approximate surface area is 176 Å². The molecule has 0 N–H and O–H groups in total. The van der Waals surface area contributed by atoms with Crippen LogP contribution in [0.4, 0.5) is 5.95 Å². The first-order valence-corrected chi connectivity index (χ1v) is 10.4. The molecule has 28 heavy (non-hydrogen) atoms.